The average molecular weight is 411 g/mol. The molecular formula is C21H30O6S. The number of rotatable bonds is 2. The number of ether oxygens (including phenoxy) is 1. The number of fused-ring (bicyclic) bond motifs is 3. The van der Waals surface area contributed by atoms with E-state index in [1.807, 2.05) is 6.08 Å². The second kappa shape index (κ2) is 6.76. The fourth-order valence-electron chi connectivity index (χ4n) is 6.20. The van der Waals surface area contributed by atoms with Gasteiger partial charge in [-0.3, -0.25) is 8.37 Å². The van der Waals surface area contributed by atoms with Crippen molar-refractivity contribution in [3.63, 3.8) is 0 Å². The third kappa shape index (κ3) is 2.85. The maximum atomic E-state index is 11.9. The lowest BCUT2D eigenvalue weighted by Gasteiger charge is -2.64. The first-order chi connectivity index (χ1) is 13.1. The number of carbonyl (C=O) groups is 1. The van der Waals surface area contributed by atoms with Crippen molar-refractivity contribution in [3.05, 3.63) is 23.8 Å². The molecule has 4 rings (SSSR count). The third-order valence-electron chi connectivity index (χ3n) is 8.20. The van der Waals surface area contributed by atoms with Crippen LogP contribution in [0.2, 0.25) is 0 Å². The first-order valence-electron chi connectivity index (χ1n) is 10.1. The Bertz CT molecular complexity index is 762. The molecule has 4 fully saturated rings. The maximum absolute atomic E-state index is 11.9. The van der Waals surface area contributed by atoms with Crippen LogP contribution in [-0.2, 0) is 29.3 Å². The van der Waals surface area contributed by atoms with Crippen molar-refractivity contribution in [2.24, 2.45) is 22.7 Å². The van der Waals surface area contributed by atoms with E-state index < -0.39 is 29.0 Å². The number of esters is 1. The van der Waals surface area contributed by atoms with Gasteiger partial charge in [0.1, 0.15) is 12.7 Å². The molecule has 0 bridgehead atoms. The second-order valence-corrected chi connectivity index (χ2v) is 10.3. The fraction of sp³-hybridized carbons (Fsp3) is 0.762. The Morgan fingerprint density at radius 1 is 1.32 bits per heavy atom. The number of hydrogen-bond donors (Lipinski definition) is 1. The minimum atomic E-state index is -1.68. The molecule has 2 heterocycles. The SMILES string of the molecule is C=C1CC[C@H]2[C@@](C)(CC[C@@]3(C)O[S@](=O)OC[C@@]23C)[C@@H]1C/C=C1/C(=O)OC[C@H]1O. The van der Waals surface area contributed by atoms with Crippen LogP contribution in [0, 0.1) is 22.7 Å². The van der Waals surface area contributed by atoms with E-state index in [2.05, 4.69) is 27.4 Å². The lowest BCUT2D eigenvalue weighted by molar-refractivity contribution is -0.202. The molecule has 0 aromatic heterocycles. The summed E-state index contributed by atoms with van der Waals surface area (Å²) in [5.41, 5.74) is 0.814. The summed E-state index contributed by atoms with van der Waals surface area (Å²) >= 11 is -1.68. The van der Waals surface area contributed by atoms with Gasteiger partial charge in [0.2, 0.25) is 0 Å². The fourth-order valence-corrected chi connectivity index (χ4v) is 7.16. The molecule has 0 aromatic rings. The van der Waals surface area contributed by atoms with E-state index in [9.17, 15) is 14.1 Å². The highest BCUT2D eigenvalue weighted by atomic mass is 32.2. The zero-order valence-electron chi connectivity index (χ0n) is 16.9. The summed E-state index contributed by atoms with van der Waals surface area (Å²) in [6, 6.07) is 0. The van der Waals surface area contributed by atoms with Gasteiger partial charge in [-0.2, -0.15) is 4.21 Å². The summed E-state index contributed by atoms with van der Waals surface area (Å²) in [5.74, 6) is 0.105. The maximum Gasteiger partial charge on any atom is 0.336 e. The molecule has 0 spiro atoms. The zero-order chi connectivity index (χ0) is 20.3. The Balaban J connectivity index is 1.65. The minimum Gasteiger partial charge on any atom is -0.459 e. The monoisotopic (exact) mass is 410 g/mol. The van der Waals surface area contributed by atoms with E-state index in [1.54, 1.807) is 0 Å². The van der Waals surface area contributed by atoms with Gasteiger partial charge in [-0.1, -0.05) is 32.1 Å². The largest absolute Gasteiger partial charge is 0.459 e. The highest BCUT2D eigenvalue weighted by molar-refractivity contribution is 7.75. The molecule has 2 aliphatic heterocycles. The molecule has 2 saturated carbocycles. The predicted molar refractivity (Wildman–Crippen MR) is 104 cm³/mol. The van der Waals surface area contributed by atoms with E-state index in [0.29, 0.717) is 24.5 Å². The van der Waals surface area contributed by atoms with Crippen LogP contribution in [0.25, 0.3) is 0 Å². The summed E-state index contributed by atoms with van der Waals surface area (Å²) in [6.45, 7) is 11.4. The van der Waals surface area contributed by atoms with Gasteiger partial charge in [0, 0.05) is 5.41 Å². The molecule has 2 saturated heterocycles. The molecule has 0 unspecified atom stereocenters. The Morgan fingerprint density at radius 3 is 2.75 bits per heavy atom. The summed E-state index contributed by atoms with van der Waals surface area (Å²) in [4.78, 5) is 11.9. The van der Waals surface area contributed by atoms with E-state index in [1.165, 1.54) is 5.57 Å². The number of cyclic esters (lactones) is 1. The Labute approximate surface area is 169 Å². The average Bonchev–Trinajstić information content (AvgIpc) is 2.94. The van der Waals surface area contributed by atoms with Crippen LogP contribution < -0.4 is 0 Å². The lowest BCUT2D eigenvalue weighted by atomic mass is 9.43. The highest BCUT2D eigenvalue weighted by Gasteiger charge is 2.65. The van der Waals surface area contributed by atoms with Crippen molar-refractivity contribution in [1.29, 1.82) is 0 Å². The molecule has 28 heavy (non-hydrogen) atoms. The first-order valence-corrected chi connectivity index (χ1v) is 11.1. The minimum absolute atomic E-state index is 0.0281. The van der Waals surface area contributed by atoms with Crippen LogP contribution in [0.1, 0.15) is 52.9 Å². The molecule has 7 atom stereocenters. The predicted octanol–water partition coefficient (Wildman–Crippen LogP) is 2.99. The zero-order valence-corrected chi connectivity index (χ0v) is 17.7. The standard InChI is InChI=1S/C21H30O6S/c1-13-5-8-17-19(2,15(13)7-6-14-16(22)11-25-18(14)23)9-10-21(4)20(17,3)12-26-28(24)27-21/h6,15-17,22H,1,5,7-12H2,2-4H3/b14-6+/t15-,16-,17+,19+,20+,21-,28-/m1/s1. The van der Waals surface area contributed by atoms with Crippen LogP contribution >= 0.6 is 0 Å². The van der Waals surface area contributed by atoms with E-state index in [-0.39, 0.29) is 23.4 Å². The summed E-state index contributed by atoms with van der Waals surface area (Å²) in [7, 11) is 0. The van der Waals surface area contributed by atoms with Crippen LogP contribution in [0.15, 0.2) is 23.8 Å². The van der Waals surface area contributed by atoms with Crippen molar-refractivity contribution >= 4 is 17.3 Å². The Kier molecular flexibility index (Phi) is 4.89. The van der Waals surface area contributed by atoms with E-state index in [4.69, 9.17) is 13.1 Å². The van der Waals surface area contributed by atoms with Gasteiger partial charge in [0.15, 0.2) is 0 Å². The van der Waals surface area contributed by atoms with Gasteiger partial charge in [0.05, 0.1) is 17.8 Å². The molecule has 6 nitrogen and oxygen atoms in total. The molecular weight excluding hydrogens is 380 g/mol. The molecule has 7 heteroatoms. The highest BCUT2D eigenvalue weighted by Crippen LogP contribution is 2.66. The van der Waals surface area contributed by atoms with Gasteiger partial charge in [-0.25, -0.2) is 4.79 Å². The summed E-state index contributed by atoms with van der Waals surface area (Å²) < 4.78 is 28.1. The van der Waals surface area contributed by atoms with Crippen LogP contribution in [0.3, 0.4) is 0 Å². The second-order valence-electron chi connectivity index (χ2n) is 9.52. The molecule has 0 aromatic carbocycles. The normalized spacial score (nSPS) is 50.2. The lowest BCUT2D eigenvalue weighted by Crippen LogP contribution is -2.65. The van der Waals surface area contributed by atoms with Crippen molar-refractivity contribution < 1.29 is 27.2 Å². The number of carbonyl (C=O) groups excluding carboxylic acids is 1. The van der Waals surface area contributed by atoms with Gasteiger partial charge in [-0.15, -0.1) is 0 Å². The molecule has 0 radical (unpaired) electrons. The van der Waals surface area contributed by atoms with Gasteiger partial charge >= 0.3 is 17.3 Å². The Hall–Kier alpha value is -1.02. The van der Waals surface area contributed by atoms with Crippen molar-refractivity contribution in [2.75, 3.05) is 13.2 Å². The van der Waals surface area contributed by atoms with Gasteiger partial charge in [-0.05, 0) is 56.3 Å². The topological polar surface area (TPSA) is 82.1 Å². The molecule has 0 amide bonds. The van der Waals surface area contributed by atoms with Crippen molar-refractivity contribution in [1.82, 2.24) is 0 Å². The smallest absolute Gasteiger partial charge is 0.336 e. The molecule has 156 valence electrons. The summed E-state index contributed by atoms with van der Waals surface area (Å²) in [6.07, 6.45) is 5.32. The van der Waals surface area contributed by atoms with Gasteiger partial charge < -0.3 is 9.84 Å². The summed E-state index contributed by atoms with van der Waals surface area (Å²) in [5, 5.41) is 10.0. The number of aliphatic hydroxyl groups excluding tert-OH is 1. The van der Waals surface area contributed by atoms with Crippen LogP contribution in [0.5, 0.6) is 0 Å². The molecule has 1 N–H and O–H groups in total. The first kappa shape index (κ1) is 20.3. The van der Waals surface area contributed by atoms with E-state index >= 15 is 0 Å². The van der Waals surface area contributed by atoms with E-state index in [0.717, 1.165) is 25.7 Å². The molecule has 4 aliphatic rings. The molecule has 2 aliphatic carbocycles. The van der Waals surface area contributed by atoms with Crippen LogP contribution in [0.4, 0.5) is 0 Å². The Morgan fingerprint density at radius 2 is 2.07 bits per heavy atom. The van der Waals surface area contributed by atoms with Crippen molar-refractivity contribution in [2.45, 2.75) is 64.6 Å². The van der Waals surface area contributed by atoms with Gasteiger partial charge in [0.25, 0.3) is 0 Å². The third-order valence-corrected chi connectivity index (χ3v) is 9.02. The number of hydrogen-bond acceptors (Lipinski definition) is 6. The number of allylic oxidation sites excluding steroid dienone is 2. The van der Waals surface area contributed by atoms with Crippen LogP contribution in [-0.4, -0.2) is 40.2 Å². The van der Waals surface area contributed by atoms with Crippen molar-refractivity contribution in [3.8, 4) is 0 Å². The quantitative estimate of drug-likeness (QED) is 0.428. The number of aliphatic hydroxyl groups is 1.